The van der Waals surface area contributed by atoms with Crippen molar-refractivity contribution in [2.75, 3.05) is 13.2 Å². The Kier molecular flexibility index (Phi) is 5.78. The van der Waals surface area contributed by atoms with Crippen molar-refractivity contribution in [3.63, 3.8) is 0 Å². The Balaban J connectivity index is 1.72. The molecule has 0 unspecified atom stereocenters. The van der Waals surface area contributed by atoms with Crippen LogP contribution < -0.4 is 10.1 Å². The highest BCUT2D eigenvalue weighted by atomic mass is 35.5. The molecule has 1 N–H and O–H groups in total. The summed E-state index contributed by atoms with van der Waals surface area (Å²) in [4.78, 5) is 11.7. The van der Waals surface area contributed by atoms with Crippen LogP contribution in [0.2, 0.25) is 5.02 Å². The Morgan fingerprint density at radius 2 is 1.95 bits per heavy atom. The van der Waals surface area contributed by atoms with Crippen LogP contribution in [-0.2, 0) is 11.2 Å². The van der Waals surface area contributed by atoms with E-state index in [0.29, 0.717) is 23.7 Å². The van der Waals surface area contributed by atoms with Crippen LogP contribution in [0.15, 0.2) is 42.5 Å². The van der Waals surface area contributed by atoms with Crippen LogP contribution >= 0.6 is 11.6 Å². The molecule has 2 rings (SSSR count). The summed E-state index contributed by atoms with van der Waals surface area (Å²) in [5.74, 6) is 0.175. The van der Waals surface area contributed by atoms with Gasteiger partial charge < -0.3 is 10.1 Å². The molecule has 0 heterocycles. The minimum atomic E-state index is -0.264. The summed E-state index contributed by atoms with van der Waals surface area (Å²) in [6.07, 6.45) is 0.645. The Morgan fingerprint density at radius 1 is 1.23 bits per heavy atom. The Labute approximate surface area is 134 Å². The van der Waals surface area contributed by atoms with Crippen LogP contribution in [0.5, 0.6) is 5.75 Å². The zero-order chi connectivity index (χ0) is 15.9. The summed E-state index contributed by atoms with van der Waals surface area (Å²) in [5.41, 5.74) is 1.85. The number of nitrogens with one attached hydrogen (secondary N) is 1. The first-order chi connectivity index (χ1) is 10.5. The van der Waals surface area contributed by atoms with Gasteiger partial charge in [-0.15, -0.1) is 0 Å². The van der Waals surface area contributed by atoms with Crippen LogP contribution in [0.1, 0.15) is 11.1 Å². The zero-order valence-corrected chi connectivity index (χ0v) is 13.0. The SMILES string of the molecule is Cc1cc(Cl)ccc1OCC(=O)NCCc1ccc(F)cc1. The highest BCUT2D eigenvalue weighted by Gasteiger charge is 2.05. The third-order valence-electron chi connectivity index (χ3n) is 3.14. The molecule has 0 spiro atoms. The molecule has 0 aliphatic rings. The van der Waals surface area contributed by atoms with Crippen molar-refractivity contribution >= 4 is 17.5 Å². The molecule has 0 atom stereocenters. The first-order valence-corrected chi connectivity index (χ1v) is 7.32. The molecule has 2 aromatic rings. The average Bonchev–Trinajstić information content (AvgIpc) is 2.48. The fraction of sp³-hybridized carbons (Fsp3) is 0.235. The van der Waals surface area contributed by atoms with E-state index in [4.69, 9.17) is 16.3 Å². The second kappa shape index (κ2) is 7.80. The molecule has 116 valence electrons. The standard InChI is InChI=1S/C17H17ClFNO2/c1-12-10-14(18)4-7-16(12)22-11-17(21)20-9-8-13-2-5-15(19)6-3-13/h2-7,10H,8-9,11H2,1H3,(H,20,21). The van der Waals surface area contributed by atoms with Crippen molar-refractivity contribution in [1.82, 2.24) is 5.32 Å². The molecule has 0 saturated carbocycles. The number of hydrogen-bond donors (Lipinski definition) is 1. The molecule has 22 heavy (non-hydrogen) atoms. The van der Waals surface area contributed by atoms with E-state index in [1.807, 2.05) is 6.92 Å². The maximum absolute atomic E-state index is 12.8. The van der Waals surface area contributed by atoms with Gasteiger partial charge in [-0.3, -0.25) is 4.79 Å². The van der Waals surface area contributed by atoms with E-state index >= 15 is 0 Å². The van der Waals surface area contributed by atoms with Gasteiger partial charge in [0.1, 0.15) is 11.6 Å². The fourth-order valence-electron chi connectivity index (χ4n) is 1.97. The normalized spacial score (nSPS) is 10.3. The Hall–Kier alpha value is -2.07. The first kappa shape index (κ1) is 16.3. The Morgan fingerprint density at radius 3 is 2.64 bits per heavy atom. The van der Waals surface area contributed by atoms with Gasteiger partial charge in [0.05, 0.1) is 0 Å². The third kappa shape index (κ3) is 5.04. The summed E-state index contributed by atoms with van der Waals surface area (Å²) >= 11 is 5.86. The lowest BCUT2D eigenvalue weighted by molar-refractivity contribution is -0.123. The van der Waals surface area contributed by atoms with Gasteiger partial charge in [-0.05, 0) is 54.8 Å². The molecule has 1 amide bonds. The van der Waals surface area contributed by atoms with Crippen LogP contribution in [0.25, 0.3) is 0 Å². The molecular formula is C17H17ClFNO2. The van der Waals surface area contributed by atoms with E-state index in [0.717, 1.165) is 11.1 Å². The molecule has 0 radical (unpaired) electrons. The topological polar surface area (TPSA) is 38.3 Å². The van der Waals surface area contributed by atoms with Crippen molar-refractivity contribution < 1.29 is 13.9 Å². The predicted molar refractivity (Wildman–Crippen MR) is 84.8 cm³/mol. The Bertz CT molecular complexity index is 644. The van der Waals surface area contributed by atoms with Crippen molar-refractivity contribution in [1.29, 1.82) is 0 Å². The molecule has 0 aliphatic heterocycles. The smallest absolute Gasteiger partial charge is 0.257 e. The zero-order valence-electron chi connectivity index (χ0n) is 12.2. The number of carbonyl (C=O) groups is 1. The number of benzene rings is 2. The quantitative estimate of drug-likeness (QED) is 0.884. The van der Waals surface area contributed by atoms with E-state index in [1.165, 1.54) is 12.1 Å². The van der Waals surface area contributed by atoms with E-state index in [-0.39, 0.29) is 18.3 Å². The summed E-state index contributed by atoms with van der Waals surface area (Å²) in [6.45, 7) is 2.30. The maximum atomic E-state index is 12.8. The van der Waals surface area contributed by atoms with Gasteiger partial charge >= 0.3 is 0 Å². The van der Waals surface area contributed by atoms with Gasteiger partial charge in [0.2, 0.25) is 0 Å². The second-order valence-electron chi connectivity index (χ2n) is 4.92. The predicted octanol–water partition coefficient (Wildman–Crippen LogP) is 3.53. The molecule has 0 fully saturated rings. The van der Waals surface area contributed by atoms with Gasteiger partial charge in [0.15, 0.2) is 6.61 Å². The summed E-state index contributed by atoms with van der Waals surface area (Å²) < 4.78 is 18.2. The minimum absolute atomic E-state index is 0.0497. The van der Waals surface area contributed by atoms with E-state index in [1.54, 1.807) is 30.3 Å². The molecule has 3 nitrogen and oxygen atoms in total. The number of aryl methyl sites for hydroxylation is 1. The van der Waals surface area contributed by atoms with Crippen molar-refractivity contribution in [3.05, 3.63) is 64.4 Å². The molecular weight excluding hydrogens is 305 g/mol. The largest absolute Gasteiger partial charge is 0.484 e. The summed E-state index contributed by atoms with van der Waals surface area (Å²) in [7, 11) is 0. The number of carbonyl (C=O) groups excluding carboxylic acids is 1. The maximum Gasteiger partial charge on any atom is 0.257 e. The summed E-state index contributed by atoms with van der Waals surface area (Å²) in [5, 5.41) is 3.40. The molecule has 0 bridgehead atoms. The lowest BCUT2D eigenvalue weighted by Crippen LogP contribution is -2.30. The van der Waals surface area contributed by atoms with Gasteiger partial charge in [-0.25, -0.2) is 4.39 Å². The van der Waals surface area contributed by atoms with Crippen molar-refractivity contribution in [2.45, 2.75) is 13.3 Å². The monoisotopic (exact) mass is 321 g/mol. The summed E-state index contributed by atoms with van der Waals surface area (Å²) in [6, 6.07) is 11.5. The molecule has 0 saturated heterocycles. The van der Waals surface area contributed by atoms with E-state index < -0.39 is 0 Å². The molecule has 0 aliphatic carbocycles. The lowest BCUT2D eigenvalue weighted by atomic mass is 10.1. The number of hydrogen-bond acceptors (Lipinski definition) is 2. The minimum Gasteiger partial charge on any atom is -0.484 e. The second-order valence-corrected chi connectivity index (χ2v) is 5.36. The number of halogens is 2. The molecule has 2 aromatic carbocycles. The van der Waals surface area contributed by atoms with Crippen LogP contribution in [-0.4, -0.2) is 19.1 Å². The number of amides is 1. The van der Waals surface area contributed by atoms with Crippen molar-refractivity contribution in [2.24, 2.45) is 0 Å². The number of ether oxygens (including phenoxy) is 1. The van der Waals surface area contributed by atoms with Crippen LogP contribution in [0.3, 0.4) is 0 Å². The van der Waals surface area contributed by atoms with E-state index in [2.05, 4.69) is 5.32 Å². The first-order valence-electron chi connectivity index (χ1n) is 6.94. The average molecular weight is 322 g/mol. The highest BCUT2D eigenvalue weighted by molar-refractivity contribution is 6.30. The van der Waals surface area contributed by atoms with E-state index in [9.17, 15) is 9.18 Å². The van der Waals surface area contributed by atoms with Gasteiger partial charge in [-0.1, -0.05) is 23.7 Å². The highest BCUT2D eigenvalue weighted by Crippen LogP contribution is 2.21. The number of rotatable bonds is 6. The van der Waals surface area contributed by atoms with Crippen LogP contribution in [0.4, 0.5) is 4.39 Å². The molecule has 0 aromatic heterocycles. The van der Waals surface area contributed by atoms with Crippen LogP contribution in [0, 0.1) is 12.7 Å². The fourth-order valence-corrected chi connectivity index (χ4v) is 2.19. The third-order valence-corrected chi connectivity index (χ3v) is 3.38. The van der Waals surface area contributed by atoms with Crippen molar-refractivity contribution in [3.8, 4) is 5.75 Å². The van der Waals surface area contributed by atoms with Gasteiger partial charge in [0, 0.05) is 11.6 Å². The van der Waals surface area contributed by atoms with Gasteiger partial charge in [-0.2, -0.15) is 0 Å². The lowest BCUT2D eigenvalue weighted by Gasteiger charge is -2.10. The van der Waals surface area contributed by atoms with Gasteiger partial charge in [0.25, 0.3) is 5.91 Å². The molecule has 5 heteroatoms.